The van der Waals surface area contributed by atoms with E-state index >= 15 is 0 Å². The summed E-state index contributed by atoms with van der Waals surface area (Å²) in [6.45, 7) is 4.82. The molecule has 1 aromatic rings. The van der Waals surface area contributed by atoms with Crippen LogP contribution in [0, 0.1) is 11.7 Å². The zero-order chi connectivity index (χ0) is 18.6. The second-order valence-corrected chi connectivity index (χ2v) is 9.62. The molecule has 26 heavy (non-hydrogen) atoms. The van der Waals surface area contributed by atoms with E-state index in [4.69, 9.17) is 0 Å². The first kappa shape index (κ1) is 19.7. The van der Waals surface area contributed by atoms with E-state index in [0.717, 1.165) is 57.3 Å². The van der Waals surface area contributed by atoms with Crippen LogP contribution >= 0.6 is 0 Å². The highest BCUT2D eigenvalue weighted by Crippen LogP contribution is 2.21. The summed E-state index contributed by atoms with van der Waals surface area (Å²) in [5.41, 5.74) is 1.14. The summed E-state index contributed by atoms with van der Waals surface area (Å²) >= 11 is 0. The zero-order valence-electron chi connectivity index (χ0n) is 15.6. The lowest BCUT2D eigenvalue weighted by Gasteiger charge is -2.35. The van der Waals surface area contributed by atoms with E-state index in [9.17, 15) is 12.8 Å². The fourth-order valence-corrected chi connectivity index (χ4v) is 5.53. The van der Waals surface area contributed by atoms with Gasteiger partial charge in [-0.1, -0.05) is 12.1 Å². The van der Waals surface area contributed by atoms with Gasteiger partial charge >= 0.3 is 0 Å². The third kappa shape index (κ3) is 5.03. The molecule has 7 heteroatoms. The second-order valence-electron chi connectivity index (χ2n) is 7.58. The van der Waals surface area contributed by atoms with Crippen molar-refractivity contribution in [2.24, 2.45) is 5.92 Å². The van der Waals surface area contributed by atoms with Gasteiger partial charge in [0.25, 0.3) is 10.2 Å². The van der Waals surface area contributed by atoms with Crippen molar-refractivity contribution >= 4 is 10.2 Å². The summed E-state index contributed by atoms with van der Waals surface area (Å²) in [5.74, 6) is 0.174. The zero-order valence-corrected chi connectivity index (χ0v) is 16.4. The van der Waals surface area contributed by atoms with Gasteiger partial charge in [0.05, 0.1) is 0 Å². The summed E-state index contributed by atoms with van der Waals surface area (Å²) in [4.78, 5) is 2.41. The normalized spacial score (nSPS) is 23.0. The van der Waals surface area contributed by atoms with Crippen molar-refractivity contribution in [1.82, 2.24) is 13.5 Å². The number of likely N-dealkylation sites (tertiary alicyclic amines) is 1. The number of halogens is 1. The molecule has 0 amide bonds. The molecule has 2 heterocycles. The molecule has 0 bridgehead atoms. The van der Waals surface area contributed by atoms with Gasteiger partial charge in [-0.05, 0) is 62.3 Å². The summed E-state index contributed by atoms with van der Waals surface area (Å²) in [6.07, 6.45) is 5.01. The molecule has 0 saturated carbocycles. The monoisotopic (exact) mass is 383 g/mol. The van der Waals surface area contributed by atoms with E-state index < -0.39 is 10.2 Å². The van der Waals surface area contributed by atoms with E-state index in [1.54, 1.807) is 15.7 Å². The van der Waals surface area contributed by atoms with Crippen molar-refractivity contribution < 1.29 is 12.8 Å². The molecule has 2 aliphatic rings. The Morgan fingerprint density at radius 2 is 1.81 bits per heavy atom. The van der Waals surface area contributed by atoms with Crippen LogP contribution in [0.1, 0.15) is 31.2 Å². The fourth-order valence-electron chi connectivity index (χ4n) is 4.02. The maximum Gasteiger partial charge on any atom is 0.281 e. The second kappa shape index (κ2) is 8.78. The van der Waals surface area contributed by atoms with Gasteiger partial charge in [0.2, 0.25) is 0 Å². The molecule has 5 nitrogen and oxygen atoms in total. The first-order valence-corrected chi connectivity index (χ1v) is 11.0. The van der Waals surface area contributed by atoms with E-state index in [1.807, 2.05) is 12.1 Å². The van der Waals surface area contributed by atoms with Crippen LogP contribution in [0.3, 0.4) is 0 Å². The van der Waals surface area contributed by atoms with Crippen molar-refractivity contribution in [2.75, 3.05) is 46.3 Å². The average molecular weight is 384 g/mol. The molecule has 0 unspecified atom stereocenters. The van der Waals surface area contributed by atoms with Crippen molar-refractivity contribution in [1.29, 1.82) is 0 Å². The molecule has 146 valence electrons. The Labute approximate surface area is 157 Å². The van der Waals surface area contributed by atoms with Gasteiger partial charge in [-0.3, -0.25) is 0 Å². The Balaban J connectivity index is 1.49. The van der Waals surface area contributed by atoms with Gasteiger partial charge in [-0.25, -0.2) is 4.39 Å². The van der Waals surface area contributed by atoms with Crippen molar-refractivity contribution in [2.45, 2.75) is 32.1 Å². The molecule has 0 spiro atoms. The van der Waals surface area contributed by atoms with Crippen LogP contribution in [-0.4, -0.2) is 68.2 Å². The van der Waals surface area contributed by atoms with Gasteiger partial charge < -0.3 is 4.90 Å². The van der Waals surface area contributed by atoms with Gasteiger partial charge in [-0.15, -0.1) is 0 Å². The maximum absolute atomic E-state index is 13.0. The summed E-state index contributed by atoms with van der Waals surface area (Å²) < 4.78 is 41.4. The highest BCUT2D eigenvalue weighted by atomic mass is 32.2. The van der Waals surface area contributed by atoms with Crippen LogP contribution in [0.15, 0.2) is 24.3 Å². The van der Waals surface area contributed by atoms with Gasteiger partial charge in [0, 0.05) is 39.8 Å². The number of rotatable bonds is 7. The Morgan fingerprint density at radius 1 is 1.12 bits per heavy atom. The highest BCUT2D eigenvalue weighted by molar-refractivity contribution is 7.86. The van der Waals surface area contributed by atoms with E-state index in [1.165, 1.54) is 12.1 Å². The highest BCUT2D eigenvalue weighted by Gasteiger charge is 2.31. The molecule has 0 aromatic heterocycles. The maximum atomic E-state index is 13.0. The lowest BCUT2D eigenvalue weighted by atomic mass is 9.97. The summed E-state index contributed by atoms with van der Waals surface area (Å²) in [6, 6.07) is 6.69. The summed E-state index contributed by atoms with van der Waals surface area (Å²) in [5, 5.41) is 0. The first-order chi connectivity index (χ1) is 12.4. The van der Waals surface area contributed by atoms with Crippen LogP contribution in [0.2, 0.25) is 0 Å². The minimum atomic E-state index is -3.30. The largest absolute Gasteiger partial charge is 0.303 e. The molecular weight excluding hydrogens is 353 g/mol. The van der Waals surface area contributed by atoms with Crippen LogP contribution in [0.5, 0.6) is 0 Å². The number of nitrogens with zero attached hydrogens (tertiary/aromatic N) is 3. The van der Waals surface area contributed by atoms with E-state index in [2.05, 4.69) is 4.90 Å². The molecule has 0 radical (unpaired) electrons. The number of benzene rings is 1. The molecule has 1 aromatic carbocycles. The minimum Gasteiger partial charge on any atom is -0.303 e. The predicted octanol–water partition coefficient (Wildman–Crippen LogP) is 2.35. The van der Waals surface area contributed by atoms with Crippen LogP contribution < -0.4 is 0 Å². The third-order valence-electron chi connectivity index (χ3n) is 5.53. The predicted molar refractivity (Wildman–Crippen MR) is 102 cm³/mol. The Bertz CT molecular complexity index is 675. The Morgan fingerprint density at radius 3 is 2.50 bits per heavy atom. The quantitative estimate of drug-likeness (QED) is 0.726. The SMILES string of the molecule is CN(C[C@@H]1CCCN(CCc2ccc(F)cc2)C1)S(=O)(=O)N1CCCC1. The van der Waals surface area contributed by atoms with Crippen LogP contribution in [0.25, 0.3) is 0 Å². The lowest BCUT2D eigenvalue weighted by molar-refractivity contribution is 0.162. The molecule has 0 N–H and O–H groups in total. The van der Waals surface area contributed by atoms with Crippen molar-refractivity contribution in [3.05, 3.63) is 35.6 Å². The van der Waals surface area contributed by atoms with E-state index in [0.29, 0.717) is 25.6 Å². The third-order valence-corrected chi connectivity index (χ3v) is 7.49. The van der Waals surface area contributed by atoms with Gasteiger partial charge in [0.1, 0.15) is 5.82 Å². The van der Waals surface area contributed by atoms with Gasteiger partial charge in [0.15, 0.2) is 0 Å². The fraction of sp³-hybridized carbons (Fsp3) is 0.684. The lowest BCUT2D eigenvalue weighted by Crippen LogP contribution is -2.46. The Kier molecular flexibility index (Phi) is 6.66. The van der Waals surface area contributed by atoms with Crippen molar-refractivity contribution in [3.8, 4) is 0 Å². The average Bonchev–Trinajstić information content (AvgIpc) is 3.17. The topological polar surface area (TPSA) is 43.9 Å². The smallest absolute Gasteiger partial charge is 0.281 e. The van der Waals surface area contributed by atoms with Crippen LogP contribution in [0.4, 0.5) is 4.39 Å². The number of piperidine rings is 1. The molecule has 0 aliphatic carbocycles. The number of hydrogen-bond acceptors (Lipinski definition) is 3. The first-order valence-electron chi connectivity index (χ1n) is 9.63. The molecule has 2 aliphatic heterocycles. The molecule has 2 fully saturated rings. The number of hydrogen-bond donors (Lipinski definition) is 0. The van der Waals surface area contributed by atoms with E-state index in [-0.39, 0.29) is 5.82 Å². The molecule has 3 rings (SSSR count). The summed E-state index contributed by atoms with van der Waals surface area (Å²) in [7, 11) is -1.59. The molecule has 2 saturated heterocycles. The van der Waals surface area contributed by atoms with Crippen molar-refractivity contribution in [3.63, 3.8) is 0 Å². The Hall–Kier alpha value is -1.02. The van der Waals surface area contributed by atoms with Crippen LogP contribution in [-0.2, 0) is 16.6 Å². The standard InChI is InChI=1S/C19H30FN3O2S/c1-21(26(24,25)23-12-2-3-13-23)15-18-5-4-11-22(16-18)14-10-17-6-8-19(20)9-7-17/h6-9,18H,2-5,10-16H2,1H3/t18-/m0/s1. The molecule has 1 atom stereocenters. The molecular formula is C19H30FN3O2S. The minimum absolute atomic E-state index is 0.200. The van der Waals surface area contributed by atoms with Gasteiger partial charge in [-0.2, -0.15) is 17.0 Å².